The zero-order valence-electron chi connectivity index (χ0n) is 12.9. The molecule has 0 aliphatic heterocycles. The Bertz CT molecular complexity index is 764. The molecule has 0 bridgehead atoms. The predicted molar refractivity (Wildman–Crippen MR) is 95.9 cm³/mol. The van der Waals surface area contributed by atoms with Gasteiger partial charge in [0.1, 0.15) is 0 Å². The Morgan fingerprint density at radius 3 is 2.05 bits per heavy atom. The van der Waals surface area contributed by atoms with Crippen LogP contribution in [0.5, 0.6) is 0 Å². The molecule has 2 N–H and O–H groups in total. The van der Waals surface area contributed by atoms with Gasteiger partial charge in [0, 0.05) is 12.7 Å². The lowest BCUT2D eigenvalue weighted by Gasteiger charge is -2.15. The molecule has 3 rings (SSSR count). The summed E-state index contributed by atoms with van der Waals surface area (Å²) < 4.78 is 0. The fraction of sp³-hybridized carbons (Fsp3) is 0.100. The van der Waals surface area contributed by atoms with Crippen LogP contribution in [0.25, 0.3) is 11.1 Å². The van der Waals surface area contributed by atoms with Crippen molar-refractivity contribution in [2.45, 2.75) is 6.92 Å². The SMILES string of the molecule is CNc1ccccc1Nc1cc(-c2ccccc2)ccc1C. The summed E-state index contributed by atoms with van der Waals surface area (Å²) in [6, 6.07) is 25.2. The number of anilines is 3. The number of benzene rings is 3. The Balaban J connectivity index is 1.97. The van der Waals surface area contributed by atoms with Crippen molar-refractivity contribution in [2.24, 2.45) is 0 Å². The zero-order chi connectivity index (χ0) is 15.4. The van der Waals surface area contributed by atoms with Gasteiger partial charge in [-0.1, -0.05) is 54.6 Å². The highest BCUT2D eigenvalue weighted by Gasteiger charge is 2.05. The number of nitrogens with one attached hydrogen (secondary N) is 2. The first kappa shape index (κ1) is 14.2. The van der Waals surface area contributed by atoms with Gasteiger partial charge in [-0.3, -0.25) is 0 Å². The molecule has 3 aromatic rings. The van der Waals surface area contributed by atoms with Gasteiger partial charge < -0.3 is 10.6 Å². The van der Waals surface area contributed by atoms with E-state index in [1.165, 1.54) is 16.7 Å². The van der Waals surface area contributed by atoms with Crippen molar-refractivity contribution in [3.05, 3.63) is 78.4 Å². The summed E-state index contributed by atoms with van der Waals surface area (Å²) >= 11 is 0. The van der Waals surface area contributed by atoms with Gasteiger partial charge in [0.05, 0.1) is 11.4 Å². The first-order chi connectivity index (χ1) is 10.8. The topological polar surface area (TPSA) is 24.1 Å². The van der Waals surface area contributed by atoms with Gasteiger partial charge in [0.25, 0.3) is 0 Å². The van der Waals surface area contributed by atoms with Crippen LogP contribution in [0.1, 0.15) is 5.56 Å². The molecule has 2 heteroatoms. The third kappa shape index (κ3) is 2.96. The van der Waals surface area contributed by atoms with E-state index in [4.69, 9.17) is 0 Å². The number of para-hydroxylation sites is 2. The summed E-state index contributed by atoms with van der Waals surface area (Å²) in [4.78, 5) is 0. The van der Waals surface area contributed by atoms with E-state index >= 15 is 0 Å². The second-order valence-corrected chi connectivity index (χ2v) is 5.32. The van der Waals surface area contributed by atoms with E-state index in [0.717, 1.165) is 17.1 Å². The lowest BCUT2D eigenvalue weighted by Crippen LogP contribution is -1.98. The zero-order valence-corrected chi connectivity index (χ0v) is 12.9. The Labute approximate surface area is 131 Å². The molecule has 2 nitrogen and oxygen atoms in total. The monoisotopic (exact) mass is 288 g/mol. The Hall–Kier alpha value is -2.74. The maximum Gasteiger partial charge on any atom is 0.0619 e. The summed E-state index contributed by atoms with van der Waals surface area (Å²) in [5, 5.41) is 6.76. The number of aryl methyl sites for hydroxylation is 1. The lowest BCUT2D eigenvalue weighted by molar-refractivity contribution is 1.41. The van der Waals surface area contributed by atoms with Crippen LogP contribution < -0.4 is 10.6 Å². The fourth-order valence-electron chi connectivity index (χ4n) is 2.52. The van der Waals surface area contributed by atoms with E-state index in [9.17, 15) is 0 Å². The number of hydrogen-bond donors (Lipinski definition) is 2. The summed E-state index contributed by atoms with van der Waals surface area (Å²) in [5.74, 6) is 0. The molecule has 3 aromatic carbocycles. The van der Waals surface area contributed by atoms with Crippen LogP contribution in [0.3, 0.4) is 0 Å². The highest BCUT2D eigenvalue weighted by Crippen LogP contribution is 2.30. The van der Waals surface area contributed by atoms with E-state index in [2.05, 4.69) is 72.2 Å². The van der Waals surface area contributed by atoms with Crippen LogP contribution in [0.4, 0.5) is 17.1 Å². The van der Waals surface area contributed by atoms with Crippen molar-refractivity contribution < 1.29 is 0 Å². The quantitative estimate of drug-likeness (QED) is 0.667. The average Bonchev–Trinajstić information content (AvgIpc) is 2.58. The van der Waals surface area contributed by atoms with Gasteiger partial charge in [-0.15, -0.1) is 0 Å². The van der Waals surface area contributed by atoms with Crippen molar-refractivity contribution >= 4 is 17.1 Å². The van der Waals surface area contributed by atoms with E-state index in [-0.39, 0.29) is 0 Å². The Kier molecular flexibility index (Phi) is 4.10. The van der Waals surface area contributed by atoms with Crippen molar-refractivity contribution in [3.63, 3.8) is 0 Å². The highest BCUT2D eigenvalue weighted by atomic mass is 14.9. The molecule has 0 aliphatic carbocycles. The summed E-state index contributed by atoms with van der Waals surface area (Å²) in [6.45, 7) is 2.12. The third-order valence-electron chi connectivity index (χ3n) is 3.81. The minimum absolute atomic E-state index is 1.08. The molecule has 0 spiro atoms. The fourth-order valence-corrected chi connectivity index (χ4v) is 2.52. The molecule has 0 amide bonds. The van der Waals surface area contributed by atoms with Crippen molar-refractivity contribution in [1.29, 1.82) is 0 Å². The molecule has 0 radical (unpaired) electrons. The van der Waals surface area contributed by atoms with Gasteiger partial charge in [0.15, 0.2) is 0 Å². The van der Waals surface area contributed by atoms with E-state index in [0.29, 0.717) is 0 Å². The third-order valence-corrected chi connectivity index (χ3v) is 3.81. The smallest absolute Gasteiger partial charge is 0.0619 e. The molecule has 22 heavy (non-hydrogen) atoms. The molecule has 0 heterocycles. The lowest BCUT2D eigenvalue weighted by atomic mass is 10.0. The van der Waals surface area contributed by atoms with E-state index in [1.54, 1.807) is 0 Å². The largest absolute Gasteiger partial charge is 0.386 e. The van der Waals surface area contributed by atoms with Gasteiger partial charge >= 0.3 is 0 Å². The molecule has 0 aliphatic rings. The molecule has 0 unspecified atom stereocenters. The van der Waals surface area contributed by atoms with Gasteiger partial charge in [-0.05, 0) is 41.8 Å². The van der Waals surface area contributed by atoms with E-state index < -0.39 is 0 Å². The van der Waals surface area contributed by atoms with E-state index in [1.807, 2.05) is 25.2 Å². The normalized spacial score (nSPS) is 10.3. The van der Waals surface area contributed by atoms with Crippen LogP contribution in [0.15, 0.2) is 72.8 Å². The number of hydrogen-bond acceptors (Lipinski definition) is 2. The molecule has 0 aromatic heterocycles. The maximum absolute atomic E-state index is 3.54. The maximum atomic E-state index is 3.54. The van der Waals surface area contributed by atoms with Crippen LogP contribution in [0, 0.1) is 6.92 Å². The molecule has 0 saturated heterocycles. The molecular weight excluding hydrogens is 268 g/mol. The van der Waals surface area contributed by atoms with Crippen LogP contribution in [-0.4, -0.2) is 7.05 Å². The van der Waals surface area contributed by atoms with Gasteiger partial charge in [-0.25, -0.2) is 0 Å². The molecule has 0 atom stereocenters. The average molecular weight is 288 g/mol. The van der Waals surface area contributed by atoms with Crippen molar-refractivity contribution in [2.75, 3.05) is 17.7 Å². The summed E-state index contributed by atoms with van der Waals surface area (Å²) in [7, 11) is 1.94. The predicted octanol–water partition coefficient (Wildman–Crippen LogP) is 5.45. The molecular formula is C20H20N2. The van der Waals surface area contributed by atoms with Crippen LogP contribution in [0.2, 0.25) is 0 Å². The minimum Gasteiger partial charge on any atom is -0.386 e. The first-order valence-corrected chi connectivity index (χ1v) is 7.48. The second kappa shape index (κ2) is 6.35. The molecule has 110 valence electrons. The number of rotatable bonds is 4. The molecule has 0 fully saturated rings. The van der Waals surface area contributed by atoms with Crippen LogP contribution in [-0.2, 0) is 0 Å². The van der Waals surface area contributed by atoms with Crippen molar-refractivity contribution in [3.8, 4) is 11.1 Å². The molecule has 0 saturated carbocycles. The van der Waals surface area contributed by atoms with Crippen molar-refractivity contribution in [1.82, 2.24) is 0 Å². The standard InChI is InChI=1S/C20H20N2/c1-15-12-13-17(16-8-4-3-5-9-16)14-20(15)22-19-11-7-6-10-18(19)21-2/h3-14,21-22H,1-2H3. The van der Waals surface area contributed by atoms with Crippen LogP contribution >= 0.6 is 0 Å². The summed E-state index contributed by atoms with van der Waals surface area (Å²) in [6.07, 6.45) is 0. The second-order valence-electron chi connectivity index (χ2n) is 5.32. The minimum atomic E-state index is 1.08. The van der Waals surface area contributed by atoms with Gasteiger partial charge in [-0.2, -0.15) is 0 Å². The first-order valence-electron chi connectivity index (χ1n) is 7.48. The Morgan fingerprint density at radius 2 is 1.32 bits per heavy atom. The van der Waals surface area contributed by atoms with Gasteiger partial charge in [0.2, 0.25) is 0 Å². The Morgan fingerprint density at radius 1 is 0.636 bits per heavy atom. The highest BCUT2D eigenvalue weighted by molar-refractivity contribution is 5.78. The summed E-state index contributed by atoms with van der Waals surface area (Å²) in [5.41, 5.74) is 6.98.